The fourth-order valence-electron chi connectivity index (χ4n) is 2.36. The van der Waals surface area contributed by atoms with Gasteiger partial charge in [-0.2, -0.15) is 0 Å². The second kappa shape index (κ2) is 11.6. The number of benzene rings is 2. The van der Waals surface area contributed by atoms with Crippen LogP contribution in [-0.2, 0) is 14.3 Å². The average Bonchev–Trinajstić information content (AvgIpc) is 2.71. The summed E-state index contributed by atoms with van der Waals surface area (Å²) in [6, 6.07) is 15.9. The van der Waals surface area contributed by atoms with Crippen LogP contribution in [0.1, 0.15) is 36.5 Å². The summed E-state index contributed by atoms with van der Waals surface area (Å²) >= 11 is 5.15. The van der Waals surface area contributed by atoms with E-state index in [1.54, 1.807) is 36.4 Å². The molecule has 8 heteroatoms. The quantitative estimate of drug-likeness (QED) is 0.453. The Labute approximate surface area is 174 Å². The molecule has 0 radical (unpaired) electrons. The number of hydrogen-bond donors (Lipinski definition) is 3. The van der Waals surface area contributed by atoms with Gasteiger partial charge < -0.3 is 20.7 Å². The standard InChI is InChI=1S/C21H23N3O4S/c1-2-14-28-19(26)13-12-18(25)24-21(29)23-17-11-7-6-10-16(17)20(27)22-15-8-4-3-5-9-15/h3-11H,2,12-14H2,1H3,(H,22,27)(H2,23,24,25,29). The molecule has 29 heavy (non-hydrogen) atoms. The van der Waals surface area contributed by atoms with Crippen molar-refractivity contribution >= 4 is 46.5 Å². The van der Waals surface area contributed by atoms with Gasteiger partial charge in [0.2, 0.25) is 5.91 Å². The Hall–Kier alpha value is -3.26. The first-order valence-corrected chi connectivity index (χ1v) is 9.62. The number of ether oxygens (including phenoxy) is 1. The molecule has 0 saturated heterocycles. The first-order valence-electron chi connectivity index (χ1n) is 9.21. The van der Waals surface area contributed by atoms with E-state index in [-0.39, 0.29) is 23.9 Å². The third-order valence-corrected chi connectivity index (χ3v) is 3.93. The van der Waals surface area contributed by atoms with E-state index < -0.39 is 11.9 Å². The van der Waals surface area contributed by atoms with Crippen LogP contribution in [0.5, 0.6) is 0 Å². The van der Waals surface area contributed by atoms with Crippen LogP contribution in [0.3, 0.4) is 0 Å². The Kier molecular flexibility index (Phi) is 8.78. The highest BCUT2D eigenvalue weighted by molar-refractivity contribution is 7.80. The lowest BCUT2D eigenvalue weighted by Gasteiger charge is -2.13. The van der Waals surface area contributed by atoms with Crippen molar-refractivity contribution in [2.24, 2.45) is 0 Å². The maximum atomic E-state index is 12.6. The van der Waals surface area contributed by atoms with E-state index in [1.165, 1.54) is 0 Å². The molecule has 0 aromatic heterocycles. The topological polar surface area (TPSA) is 96.5 Å². The van der Waals surface area contributed by atoms with E-state index in [9.17, 15) is 14.4 Å². The first kappa shape index (κ1) is 22.0. The lowest BCUT2D eigenvalue weighted by Crippen LogP contribution is -2.34. The third kappa shape index (κ3) is 7.71. The Morgan fingerprint density at radius 2 is 1.62 bits per heavy atom. The van der Waals surface area contributed by atoms with Gasteiger partial charge in [0.05, 0.1) is 24.3 Å². The smallest absolute Gasteiger partial charge is 0.306 e. The van der Waals surface area contributed by atoms with Crippen molar-refractivity contribution < 1.29 is 19.1 Å². The van der Waals surface area contributed by atoms with Crippen LogP contribution >= 0.6 is 12.2 Å². The van der Waals surface area contributed by atoms with E-state index >= 15 is 0 Å². The fraction of sp³-hybridized carbons (Fsp3) is 0.238. The summed E-state index contributed by atoms with van der Waals surface area (Å²) in [4.78, 5) is 36.0. The molecule has 0 heterocycles. The summed E-state index contributed by atoms with van der Waals surface area (Å²) < 4.78 is 4.92. The molecule has 0 aliphatic carbocycles. The Bertz CT molecular complexity index is 871. The molecule has 0 unspecified atom stereocenters. The van der Waals surface area contributed by atoms with Crippen molar-refractivity contribution in [3.8, 4) is 0 Å². The average molecular weight is 413 g/mol. The molecule has 2 aromatic rings. The number of carbonyl (C=O) groups is 3. The van der Waals surface area contributed by atoms with Crippen LogP contribution in [0.25, 0.3) is 0 Å². The highest BCUT2D eigenvalue weighted by atomic mass is 32.1. The summed E-state index contributed by atoms with van der Waals surface area (Å²) in [7, 11) is 0. The molecule has 0 fully saturated rings. The molecular formula is C21H23N3O4S. The summed E-state index contributed by atoms with van der Waals surface area (Å²) in [5.74, 6) is -1.15. The number of thiocarbonyl (C=S) groups is 1. The third-order valence-electron chi connectivity index (χ3n) is 3.73. The Balaban J connectivity index is 1.91. The van der Waals surface area contributed by atoms with Gasteiger partial charge in [0.1, 0.15) is 0 Å². The highest BCUT2D eigenvalue weighted by Crippen LogP contribution is 2.17. The van der Waals surface area contributed by atoms with Crippen LogP contribution in [0.15, 0.2) is 54.6 Å². The van der Waals surface area contributed by atoms with Gasteiger partial charge in [-0.3, -0.25) is 14.4 Å². The minimum atomic E-state index is -0.427. The molecule has 0 aliphatic heterocycles. The first-order chi connectivity index (χ1) is 14.0. The number of rotatable bonds is 8. The van der Waals surface area contributed by atoms with Crippen LogP contribution in [-0.4, -0.2) is 29.5 Å². The van der Waals surface area contributed by atoms with Crippen molar-refractivity contribution in [1.29, 1.82) is 0 Å². The summed E-state index contributed by atoms with van der Waals surface area (Å²) in [6.45, 7) is 2.23. The Morgan fingerprint density at radius 1 is 0.931 bits per heavy atom. The van der Waals surface area contributed by atoms with Crippen LogP contribution < -0.4 is 16.0 Å². The lowest BCUT2D eigenvalue weighted by molar-refractivity contribution is -0.144. The van der Waals surface area contributed by atoms with Crippen molar-refractivity contribution in [3.05, 3.63) is 60.2 Å². The zero-order chi connectivity index (χ0) is 21.1. The van der Waals surface area contributed by atoms with Gasteiger partial charge in [0.15, 0.2) is 5.11 Å². The number of anilines is 2. The van der Waals surface area contributed by atoms with Gasteiger partial charge in [-0.05, 0) is 42.9 Å². The van der Waals surface area contributed by atoms with E-state index in [0.29, 0.717) is 23.5 Å². The SMILES string of the molecule is CCCOC(=O)CCC(=O)NC(=S)Nc1ccccc1C(=O)Nc1ccccc1. The molecule has 0 saturated carbocycles. The number of carbonyl (C=O) groups excluding carboxylic acids is 3. The van der Waals surface area contributed by atoms with Crippen LogP contribution in [0.4, 0.5) is 11.4 Å². The zero-order valence-electron chi connectivity index (χ0n) is 16.1. The number of amides is 2. The van der Waals surface area contributed by atoms with Crippen molar-refractivity contribution in [1.82, 2.24) is 5.32 Å². The second-order valence-corrected chi connectivity index (χ2v) is 6.50. The monoisotopic (exact) mass is 413 g/mol. The van der Waals surface area contributed by atoms with Crippen LogP contribution in [0, 0.1) is 0 Å². The van der Waals surface area contributed by atoms with E-state index in [2.05, 4.69) is 16.0 Å². The molecule has 7 nitrogen and oxygen atoms in total. The second-order valence-electron chi connectivity index (χ2n) is 6.09. The van der Waals surface area contributed by atoms with Gasteiger partial charge in [0, 0.05) is 12.1 Å². The minimum Gasteiger partial charge on any atom is -0.466 e. The van der Waals surface area contributed by atoms with Gasteiger partial charge in [-0.1, -0.05) is 37.3 Å². The Morgan fingerprint density at radius 3 is 2.34 bits per heavy atom. The van der Waals surface area contributed by atoms with E-state index in [0.717, 1.165) is 6.42 Å². The van der Waals surface area contributed by atoms with Crippen molar-refractivity contribution in [2.75, 3.05) is 17.2 Å². The molecule has 3 N–H and O–H groups in total. The molecule has 0 atom stereocenters. The molecule has 2 aromatic carbocycles. The molecule has 2 amide bonds. The largest absolute Gasteiger partial charge is 0.466 e. The predicted molar refractivity (Wildman–Crippen MR) is 116 cm³/mol. The van der Waals surface area contributed by atoms with Crippen LogP contribution in [0.2, 0.25) is 0 Å². The molecule has 152 valence electrons. The number of nitrogens with one attached hydrogen (secondary N) is 3. The van der Waals surface area contributed by atoms with Crippen molar-refractivity contribution in [2.45, 2.75) is 26.2 Å². The van der Waals surface area contributed by atoms with Gasteiger partial charge in [-0.25, -0.2) is 0 Å². The van der Waals surface area contributed by atoms with Crippen molar-refractivity contribution in [3.63, 3.8) is 0 Å². The van der Waals surface area contributed by atoms with Gasteiger partial charge in [-0.15, -0.1) is 0 Å². The summed E-state index contributed by atoms with van der Waals surface area (Å²) in [5, 5.41) is 8.19. The fourth-order valence-corrected chi connectivity index (χ4v) is 2.58. The summed E-state index contributed by atoms with van der Waals surface area (Å²) in [6.07, 6.45) is 0.661. The van der Waals surface area contributed by atoms with E-state index in [1.807, 2.05) is 25.1 Å². The van der Waals surface area contributed by atoms with Gasteiger partial charge >= 0.3 is 5.97 Å². The molecule has 2 rings (SSSR count). The summed E-state index contributed by atoms with van der Waals surface area (Å²) in [5.41, 5.74) is 1.49. The molecule has 0 bridgehead atoms. The number of hydrogen-bond acceptors (Lipinski definition) is 5. The maximum absolute atomic E-state index is 12.6. The highest BCUT2D eigenvalue weighted by Gasteiger charge is 2.14. The zero-order valence-corrected chi connectivity index (χ0v) is 16.9. The van der Waals surface area contributed by atoms with Gasteiger partial charge in [0.25, 0.3) is 5.91 Å². The van der Waals surface area contributed by atoms with E-state index in [4.69, 9.17) is 17.0 Å². The predicted octanol–water partition coefficient (Wildman–Crippen LogP) is 3.49. The number of para-hydroxylation sites is 2. The minimum absolute atomic E-state index is 0.0233. The molecule has 0 aliphatic rings. The maximum Gasteiger partial charge on any atom is 0.306 e. The molecule has 0 spiro atoms. The molecular weight excluding hydrogens is 390 g/mol. The lowest BCUT2D eigenvalue weighted by atomic mass is 10.1. The number of esters is 1. The normalized spacial score (nSPS) is 9.97.